The Bertz CT molecular complexity index is 95.8. The van der Waals surface area contributed by atoms with Gasteiger partial charge in [0.2, 0.25) is 0 Å². The van der Waals surface area contributed by atoms with Crippen LogP contribution in [0.25, 0.3) is 0 Å². The number of hydrogen-bond acceptors (Lipinski definition) is 5. The molecule has 0 rings (SSSR count). The van der Waals surface area contributed by atoms with E-state index in [0.29, 0.717) is 0 Å². The van der Waals surface area contributed by atoms with Crippen molar-refractivity contribution in [3.05, 3.63) is 0 Å². The van der Waals surface area contributed by atoms with Gasteiger partial charge < -0.3 is 15.3 Å². The van der Waals surface area contributed by atoms with Crippen LogP contribution < -0.4 is 22.0 Å². The minimum absolute atomic E-state index is 0.826. The molecule has 0 unspecified atom stereocenters. The molecule has 0 spiro atoms. The summed E-state index contributed by atoms with van der Waals surface area (Å²) in [6.07, 6.45) is 0. The van der Waals surface area contributed by atoms with Crippen LogP contribution in [0.1, 0.15) is 0 Å². The lowest BCUT2D eigenvalue weighted by Crippen LogP contribution is -2.52. The molecule has 0 aliphatic rings. The lowest BCUT2D eigenvalue weighted by molar-refractivity contribution is 0.238. The van der Waals surface area contributed by atoms with Crippen LogP contribution in [0.2, 0.25) is 0 Å². The molecule has 0 aromatic rings. The van der Waals surface area contributed by atoms with Crippen molar-refractivity contribution in [2.24, 2.45) is 5.84 Å². The van der Waals surface area contributed by atoms with Gasteiger partial charge in [-0.1, -0.05) is 0 Å². The molecule has 7 N–H and O–H groups in total. The Morgan fingerprint density at radius 2 is 2.11 bits per heavy atom. The van der Waals surface area contributed by atoms with Crippen LogP contribution >= 0.6 is 0 Å². The highest BCUT2D eigenvalue weighted by Crippen LogP contribution is 1.59. The summed E-state index contributed by atoms with van der Waals surface area (Å²) in [6.45, 7) is 0. The van der Waals surface area contributed by atoms with Crippen molar-refractivity contribution in [2.45, 2.75) is 0 Å². The number of urea groups is 1. The van der Waals surface area contributed by atoms with Crippen LogP contribution in [0.4, 0.5) is 4.79 Å². The molecule has 8 heteroatoms. The summed E-state index contributed by atoms with van der Waals surface area (Å²) >= 11 is 0. The Hall–Kier alpha value is -0.825. The molecule has 7 nitrogen and oxygen atoms in total. The van der Waals surface area contributed by atoms with E-state index in [9.17, 15) is 4.79 Å². The van der Waals surface area contributed by atoms with Crippen LogP contribution in [0, 0.1) is 0 Å². The molecule has 9 heavy (non-hydrogen) atoms. The molecule has 0 saturated heterocycles. The van der Waals surface area contributed by atoms with Crippen LogP contribution in [0.3, 0.4) is 0 Å². The lowest BCUT2D eigenvalue weighted by atomic mass is 10.2. The summed E-state index contributed by atoms with van der Waals surface area (Å²) in [5.74, 6) is 4.62. The van der Waals surface area contributed by atoms with Crippen LogP contribution in [-0.4, -0.2) is 23.3 Å². The zero-order valence-electron chi connectivity index (χ0n) is 4.46. The fourth-order valence-corrected chi connectivity index (χ4v) is 0.219. The topological polar surface area (TPSA) is 120 Å². The Morgan fingerprint density at radius 1 is 1.56 bits per heavy atom. The first-order chi connectivity index (χ1) is 4.16. The van der Waals surface area contributed by atoms with E-state index >= 15 is 0 Å². The van der Waals surface area contributed by atoms with Gasteiger partial charge >= 0.3 is 13.3 Å². The van der Waals surface area contributed by atoms with E-state index in [1.165, 1.54) is 0 Å². The summed E-state index contributed by atoms with van der Waals surface area (Å²) in [5.41, 5.74) is 3.62. The molecule has 0 aromatic carbocycles. The van der Waals surface area contributed by atoms with Crippen molar-refractivity contribution in [1.29, 1.82) is 0 Å². The molecule has 0 heterocycles. The highest BCUT2D eigenvalue weighted by atomic mass is 16.4. The third-order valence-electron chi connectivity index (χ3n) is 0.446. The van der Waals surface area contributed by atoms with Gasteiger partial charge in [-0.15, -0.1) is 0 Å². The van der Waals surface area contributed by atoms with Crippen LogP contribution in [0.15, 0.2) is 0 Å². The third-order valence-corrected chi connectivity index (χ3v) is 0.446. The molecule has 0 radical (unpaired) electrons. The summed E-state index contributed by atoms with van der Waals surface area (Å²) < 4.78 is 0. The Labute approximate surface area is 51.3 Å². The van der Waals surface area contributed by atoms with E-state index in [0.717, 1.165) is 0 Å². The fourth-order valence-electron chi connectivity index (χ4n) is 0.219. The van der Waals surface area contributed by atoms with Gasteiger partial charge in [-0.2, -0.15) is 5.53 Å². The van der Waals surface area contributed by atoms with Crippen molar-refractivity contribution in [3.8, 4) is 0 Å². The molecule has 2 amide bonds. The molecule has 0 aliphatic carbocycles. The number of hydrogen-bond donors (Lipinski definition) is 6. The van der Waals surface area contributed by atoms with Gasteiger partial charge in [-0.25, -0.2) is 4.79 Å². The normalized spacial score (nSPS) is 8.33. The molecule has 52 valence electrons. The number of nitrogens with two attached hydrogens (primary N) is 1. The Kier molecular flexibility index (Phi) is 3.72. The zero-order chi connectivity index (χ0) is 7.28. The van der Waals surface area contributed by atoms with Gasteiger partial charge in [0.1, 0.15) is 0 Å². The van der Waals surface area contributed by atoms with E-state index in [1.54, 1.807) is 10.8 Å². The van der Waals surface area contributed by atoms with Gasteiger partial charge in [0.15, 0.2) is 0 Å². The molecule has 0 aliphatic heterocycles. The minimum atomic E-state index is -1.88. The highest BCUT2D eigenvalue weighted by molar-refractivity contribution is 6.42. The predicted molar refractivity (Wildman–Crippen MR) is 29.2 cm³/mol. The molecular formula is CH7BN4O3. The van der Waals surface area contributed by atoms with E-state index in [2.05, 4.69) is 5.84 Å². The second kappa shape index (κ2) is 4.09. The van der Waals surface area contributed by atoms with Crippen molar-refractivity contribution < 1.29 is 14.8 Å². The SMILES string of the molecule is NNNC(=O)NB(O)O. The van der Waals surface area contributed by atoms with Crippen molar-refractivity contribution in [3.63, 3.8) is 0 Å². The Balaban J connectivity index is 3.27. The van der Waals surface area contributed by atoms with Gasteiger partial charge in [0, 0.05) is 0 Å². The Morgan fingerprint density at radius 3 is 2.44 bits per heavy atom. The standard InChI is InChI=1S/CH7BN4O3/c3-6-5-1(7)4-2(8)9/h6,8-9H,3H2,(H2,4,5,7). The maximum Gasteiger partial charge on any atom is 0.588 e. The van der Waals surface area contributed by atoms with Gasteiger partial charge in [0.25, 0.3) is 0 Å². The van der Waals surface area contributed by atoms with Gasteiger partial charge in [-0.05, 0) is 0 Å². The van der Waals surface area contributed by atoms with Gasteiger partial charge in [-0.3, -0.25) is 11.3 Å². The van der Waals surface area contributed by atoms with E-state index in [4.69, 9.17) is 10.0 Å². The predicted octanol–water partition coefficient (Wildman–Crippen LogP) is -3.37. The first kappa shape index (κ1) is 8.17. The lowest BCUT2D eigenvalue weighted by Gasteiger charge is -2.02. The second-order valence-electron chi connectivity index (χ2n) is 1.12. The minimum Gasteiger partial charge on any atom is -0.408 e. The van der Waals surface area contributed by atoms with E-state index < -0.39 is 13.3 Å². The summed E-state index contributed by atoms with van der Waals surface area (Å²) in [5, 5.41) is 17.8. The van der Waals surface area contributed by atoms with Gasteiger partial charge in [0.05, 0.1) is 0 Å². The van der Waals surface area contributed by atoms with Crippen molar-refractivity contribution >= 4 is 13.3 Å². The first-order valence-electron chi connectivity index (χ1n) is 2.05. The number of hydrazine groups is 2. The smallest absolute Gasteiger partial charge is 0.408 e. The monoisotopic (exact) mass is 134 g/mol. The number of rotatable bonds is 2. The molecule has 0 aromatic heterocycles. The average Bonchev–Trinajstić information content (AvgIpc) is 1.63. The maximum absolute atomic E-state index is 10.2. The molecule has 0 saturated carbocycles. The second-order valence-corrected chi connectivity index (χ2v) is 1.12. The number of nitrogens with one attached hydrogen (secondary N) is 3. The van der Waals surface area contributed by atoms with Crippen molar-refractivity contribution in [1.82, 2.24) is 16.2 Å². The zero-order valence-corrected chi connectivity index (χ0v) is 4.46. The largest absolute Gasteiger partial charge is 0.588 e. The van der Waals surface area contributed by atoms with Crippen LogP contribution in [0.5, 0.6) is 0 Å². The van der Waals surface area contributed by atoms with E-state index in [1.807, 2.05) is 5.43 Å². The van der Waals surface area contributed by atoms with Crippen LogP contribution in [-0.2, 0) is 0 Å². The quantitative estimate of drug-likeness (QED) is 0.134. The summed E-state index contributed by atoms with van der Waals surface area (Å²) in [7, 11) is -1.88. The highest BCUT2D eigenvalue weighted by Gasteiger charge is 2.10. The molecular weight excluding hydrogens is 127 g/mol. The van der Waals surface area contributed by atoms with E-state index in [-0.39, 0.29) is 0 Å². The number of amides is 2. The summed E-state index contributed by atoms with van der Waals surface area (Å²) in [6, 6.07) is -0.826. The first-order valence-corrected chi connectivity index (χ1v) is 2.05. The van der Waals surface area contributed by atoms with Crippen molar-refractivity contribution in [2.75, 3.05) is 0 Å². The average molecular weight is 134 g/mol. The molecule has 0 bridgehead atoms. The molecule has 0 fully saturated rings. The number of carbonyl (C=O) groups is 1. The number of carbonyl (C=O) groups excluding carboxylic acids is 1. The maximum atomic E-state index is 10.2. The summed E-state index contributed by atoms with van der Waals surface area (Å²) in [4.78, 5) is 10.2. The fraction of sp³-hybridized carbons (Fsp3) is 0. The third kappa shape index (κ3) is 5.04. The molecule has 0 atom stereocenters.